The molecule has 33 heavy (non-hydrogen) atoms. The number of benzene rings is 1. The van der Waals surface area contributed by atoms with Gasteiger partial charge in [-0.2, -0.15) is 5.26 Å². The van der Waals surface area contributed by atoms with Crippen molar-refractivity contribution in [3.8, 4) is 17.3 Å². The summed E-state index contributed by atoms with van der Waals surface area (Å²) >= 11 is 1.53. The van der Waals surface area contributed by atoms with Gasteiger partial charge in [0, 0.05) is 54.7 Å². The van der Waals surface area contributed by atoms with Crippen LogP contribution in [0, 0.1) is 18.3 Å². The molecule has 0 radical (unpaired) electrons. The highest BCUT2D eigenvalue weighted by molar-refractivity contribution is 7.15. The van der Waals surface area contributed by atoms with Crippen LogP contribution in [0.5, 0.6) is 0 Å². The van der Waals surface area contributed by atoms with Crippen LogP contribution in [0.15, 0.2) is 48.7 Å². The molecule has 5 rings (SSSR count). The zero-order valence-electron chi connectivity index (χ0n) is 18.5. The summed E-state index contributed by atoms with van der Waals surface area (Å²) in [6.07, 6.45) is 2.74. The number of nitriles is 1. The number of nitrogen functional groups attached to an aromatic ring is 1. The lowest BCUT2D eigenvalue weighted by Crippen LogP contribution is -2.47. The second-order valence-corrected chi connectivity index (χ2v) is 9.49. The van der Waals surface area contributed by atoms with Crippen molar-refractivity contribution in [3.05, 3.63) is 64.7 Å². The molecule has 0 amide bonds. The predicted molar refractivity (Wildman–Crippen MR) is 133 cm³/mol. The molecule has 7 nitrogen and oxygen atoms in total. The summed E-state index contributed by atoms with van der Waals surface area (Å²) < 4.78 is 0. The number of hydrogen-bond donors (Lipinski definition) is 1. The molecule has 0 unspecified atom stereocenters. The van der Waals surface area contributed by atoms with Crippen molar-refractivity contribution in [2.75, 3.05) is 43.4 Å². The van der Waals surface area contributed by atoms with E-state index in [1.54, 1.807) is 6.20 Å². The largest absolute Gasteiger partial charge is 0.375 e. The number of nitrogens with two attached hydrogens (primary N) is 1. The number of anilines is 2. The fraction of sp³-hybridized carbons (Fsp3) is 0.280. The summed E-state index contributed by atoms with van der Waals surface area (Å²) in [7, 11) is 0. The van der Waals surface area contributed by atoms with E-state index in [9.17, 15) is 5.26 Å². The summed E-state index contributed by atoms with van der Waals surface area (Å²) in [5.41, 5.74) is 10.6. The Hall–Kier alpha value is -3.54. The topological polar surface area (TPSA) is 95.0 Å². The standard InChI is InChI=1S/C25H25N7S/c1-17-22(29-25(27)33-17)19-6-4-18(5-7-19)8-10-31-11-13-32(14-12-31)24-21(16-26)15-20-3-2-9-28-23(20)30-24/h2-7,9,15H,8,10-14H2,1H3,(H2,27,29). The highest BCUT2D eigenvalue weighted by Gasteiger charge is 2.21. The molecule has 3 aromatic heterocycles. The quantitative estimate of drug-likeness (QED) is 0.488. The van der Waals surface area contributed by atoms with E-state index in [0.717, 1.165) is 66.5 Å². The molecule has 1 aliphatic heterocycles. The van der Waals surface area contributed by atoms with Gasteiger partial charge in [-0.25, -0.2) is 15.0 Å². The van der Waals surface area contributed by atoms with Gasteiger partial charge in [-0.1, -0.05) is 24.3 Å². The summed E-state index contributed by atoms with van der Waals surface area (Å²) in [6.45, 7) is 6.66. The Morgan fingerprint density at radius 1 is 1.09 bits per heavy atom. The fourth-order valence-electron chi connectivity index (χ4n) is 4.30. The van der Waals surface area contributed by atoms with Crippen LogP contribution in [0.25, 0.3) is 22.3 Å². The molecule has 166 valence electrons. The van der Waals surface area contributed by atoms with Gasteiger partial charge < -0.3 is 10.6 Å². The Labute approximate surface area is 197 Å². The van der Waals surface area contributed by atoms with Crippen LogP contribution in [0.2, 0.25) is 0 Å². The number of aromatic nitrogens is 3. The van der Waals surface area contributed by atoms with Crippen LogP contribution in [0.1, 0.15) is 16.0 Å². The van der Waals surface area contributed by atoms with Crippen LogP contribution in [0.4, 0.5) is 10.9 Å². The van der Waals surface area contributed by atoms with Gasteiger partial charge in [0.05, 0.1) is 11.3 Å². The fourth-order valence-corrected chi connectivity index (χ4v) is 5.01. The van der Waals surface area contributed by atoms with Crippen molar-refractivity contribution in [2.45, 2.75) is 13.3 Å². The second-order valence-electron chi connectivity index (χ2n) is 8.25. The van der Waals surface area contributed by atoms with E-state index in [4.69, 9.17) is 10.7 Å². The third-order valence-electron chi connectivity index (χ3n) is 6.12. The Kier molecular flexibility index (Phi) is 5.90. The minimum absolute atomic E-state index is 0.612. The molecule has 4 heterocycles. The molecule has 1 saturated heterocycles. The molecule has 0 atom stereocenters. The maximum Gasteiger partial charge on any atom is 0.180 e. The lowest BCUT2D eigenvalue weighted by Gasteiger charge is -2.35. The number of thiazole rings is 1. The number of piperazine rings is 1. The first-order valence-electron chi connectivity index (χ1n) is 11.1. The van der Waals surface area contributed by atoms with Crippen LogP contribution < -0.4 is 10.6 Å². The van der Waals surface area contributed by atoms with Gasteiger partial charge in [0.25, 0.3) is 0 Å². The van der Waals surface area contributed by atoms with Crippen molar-refractivity contribution < 1.29 is 0 Å². The molecular formula is C25H25N7S. The molecule has 1 aliphatic rings. The number of hydrogen-bond acceptors (Lipinski definition) is 8. The predicted octanol–water partition coefficient (Wildman–Crippen LogP) is 3.88. The van der Waals surface area contributed by atoms with E-state index in [0.29, 0.717) is 16.3 Å². The van der Waals surface area contributed by atoms with Crippen LogP contribution in [-0.2, 0) is 6.42 Å². The molecule has 0 saturated carbocycles. The van der Waals surface area contributed by atoms with Crippen molar-refractivity contribution in [1.29, 1.82) is 5.26 Å². The first-order chi connectivity index (χ1) is 16.1. The summed E-state index contributed by atoms with van der Waals surface area (Å²) in [6, 6.07) is 16.7. The highest BCUT2D eigenvalue weighted by atomic mass is 32.1. The number of aryl methyl sites for hydroxylation is 1. The third kappa shape index (κ3) is 4.51. The van der Waals surface area contributed by atoms with Crippen molar-refractivity contribution in [2.24, 2.45) is 0 Å². The van der Waals surface area contributed by atoms with Gasteiger partial charge in [-0.15, -0.1) is 11.3 Å². The smallest absolute Gasteiger partial charge is 0.180 e. The zero-order chi connectivity index (χ0) is 22.8. The van der Waals surface area contributed by atoms with Crippen molar-refractivity contribution >= 4 is 33.3 Å². The van der Waals surface area contributed by atoms with E-state index < -0.39 is 0 Å². The van der Waals surface area contributed by atoms with E-state index in [-0.39, 0.29) is 0 Å². The monoisotopic (exact) mass is 455 g/mol. The van der Waals surface area contributed by atoms with Crippen LogP contribution in [-0.4, -0.2) is 52.6 Å². The molecule has 2 N–H and O–H groups in total. The van der Waals surface area contributed by atoms with Gasteiger partial charge in [-0.05, 0) is 37.1 Å². The first kappa shape index (κ1) is 21.3. The van der Waals surface area contributed by atoms with Gasteiger partial charge in [0.2, 0.25) is 0 Å². The average molecular weight is 456 g/mol. The molecular weight excluding hydrogens is 430 g/mol. The van der Waals surface area contributed by atoms with Gasteiger partial charge >= 0.3 is 0 Å². The minimum Gasteiger partial charge on any atom is -0.375 e. The van der Waals surface area contributed by atoms with Crippen LogP contribution in [0.3, 0.4) is 0 Å². The normalized spacial score (nSPS) is 14.5. The summed E-state index contributed by atoms with van der Waals surface area (Å²) in [5.74, 6) is 0.747. The average Bonchev–Trinajstić information content (AvgIpc) is 3.20. The number of fused-ring (bicyclic) bond motifs is 1. The van der Waals surface area contributed by atoms with Gasteiger partial charge in [0.1, 0.15) is 11.9 Å². The van der Waals surface area contributed by atoms with Crippen molar-refractivity contribution in [1.82, 2.24) is 19.9 Å². The molecule has 1 aromatic carbocycles. The van der Waals surface area contributed by atoms with Crippen molar-refractivity contribution in [3.63, 3.8) is 0 Å². The molecule has 0 spiro atoms. The zero-order valence-corrected chi connectivity index (χ0v) is 19.3. The van der Waals surface area contributed by atoms with E-state index in [1.165, 1.54) is 16.9 Å². The van der Waals surface area contributed by atoms with E-state index in [1.807, 2.05) is 18.2 Å². The Balaban J connectivity index is 1.19. The molecule has 1 fully saturated rings. The highest BCUT2D eigenvalue weighted by Crippen LogP contribution is 2.29. The SMILES string of the molecule is Cc1sc(N)nc1-c1ccc(CCN2CCN(c3nc4ncccc4cc3C#N)CC2)cc1. The van der Waals surface area contributed by atoms with Crippen LogP contribution >= 0.6 is 11.3 Å². The third-order valence-corrected chi connectivity index (χ3v) is 6.92. The second kappa shape index (κ2) is 9.14. The van der Waals surface area contributed by atoms with Gasteiger partial charge in [-0.3, -0.25) is 4.90 Å². The number of pyridine rings is 2. The maximum atomic E-state index is 9.62. The number of rotatable bonds is 5. The molecule has 8 heteroatoms. The lowest BCUT2D eigenvalue weighted by molar-refractivity contribution is 0.260. The summed E-state index contributed by atoms with van der Waals surface area (Å²) in [5, 5.41) is 11.1. The Morgan fingerprint density at radius 3 is 2.58 bits per heavy atom. The number of nitrogens with zero attached hydrogens (tertiary/aromatic N) is 6. The maximum absolute atomic E-state index is 9.62. The molecule has 0 bridgehead atoms. The van der Waals surface area contributed by atoms with E-state index in [2.05, 4.69) is 57.0 Å². The minimum atomic E-state index is 0.612. The Morgan fingerprint density at radius 2 is 1.88 bits per heavy atom. The lowest BCUT2D eigenvalue weighted by atomic mass is 10.1. The summed E-state index contributed by atoms with van der Waals surface area (Å²) in [4.78, 5) is 19.3. The molecule has 4 aromatic rings. The Bertz CT molecular complexity index is 1320. The van der Waals surface area contributed by atoms with E-state index >= 15 is 0 Å². The first-order valence-corrected chi connectivity index (χ1v) is 11.9. The van der Waals surface area contributed by atoms with Gasteiger partial charge in [0.15, 0.2) is 10.8 Å². The molecule has 0 aliphatic carbocycles.